The van der Waals surface area contributed by atoms with Gasteiger partial charge in [-0.05, 0) is 38.1 Å². The normalized spacial score (nSPS) is 17.1. The number of halogens is 4. The monoisotopic (exact) mass is 577 g/mol. The Morgan fingerprint density at radius 2 is 1.61 bits per heavy atom. The van der Waals surface area contributed by atoms with Gasteiger partial charge in [0, 0.05) is 47.9 Å². The van der Waals surface area contributed by atoms with Gasteiger partial charge in [0.2, 0.25) is 0 Å². The molecule has 9 nitrogen and oxygen atoms in total. The first-order valence-electron chi connectivity index (χ1n) is 12.3. The quantitative estimate of drug-likeness (QED) is 0.368. The van der Waals surface area contributed by atoms with Crippen LogP contribution >= 0.6 is 0 Å². The molecule has 2 amide bonds. The lowest BCUT2D eigenvalue weighted by molar-refractivity contribution is -0.118. The second kappa shape index (κ2) is 11.6. The molecule has 0 spiro atoms. The Bertz CT molecular complexity index is 1420. The van der Waals surface area contributed by atoms with E-state index in [1.807, 2.05) is 0 Å². The van der Waals surface area contributed by atoms with Crippen molar-refractivity contribution in [3.8, 4) is 17.2 Å². The number of hydrogen-bond donors (Lipinski definition) is 2. The largest absolute Gasteiger partial charge is 0.497 e. The van der Waals surface area contributed by atoms with Gasteiger partial charge in [-0.1, -0.05) is 0 Å². The zero-order valence-electron chi connectivity index (χ0n) is 22.5. The second-order valence-corrected chi connectivity index (χ2v) is 9.72. The topological polar surface area (TPSA) is 110 Å². The van der Waals surface area contributed by atoms with Gasteiger partial charge in [-0.3, -0.25) is 14.5 Å². The van der Waals surface area contributed by atoms with E-state index in [2.05, 4.69) is 15.0 Å². The van der Waals surface area contributed by atoms with Crippen molar-refractivity contribution in [1.82, 2.24) is 10.3 Å². The maximum Gasteiger partial charge on any atom is 0.387 e. The molecule has 41 heavy (non-hydrogen) atoms. The van der Waals surface area contributed by atoms with E-state index < -0.39 is 53.2 Å². The van der Waals surface area contributed by atoms with Gasteiger partial charge in [0.15, 0.2) is 0 Å². The highest BCUT2D eigenvalue weighted by atomic mass is 19.3. The number of nitrogens with one attached hydrogen (secondary N) is 1. The molecule has 218 valence electrons. The minimum Gasteiger partial charge on any atom is -0.497 e. The molecule has 0 bridgehead atoms. The van der Waals surface area contributed by atoms with Gasteiger partial charge in [-0.25, -0.2) is 13.8 Å². The van der Waals surface area contributed by atoms with E-state index in [9.17, 15) is 23.5 Å². The lowest BCUT2D eigenvalue weighted by Gasteiger charge is -2.22. The van der Waals surface area contributed by atoms with Crippen molar-refractivity contribution >= 4 is 17.6 Å². The van der Waals surface area contributed by atoms with E-state index in [-0.39, 0.29) is 40.9 Å². The molecule has 13 heteroatoms. The van der Waals surface area contributed by atoms with E-state index in [0.717, 1.165) is 29.2 Å². The summed E-state index contributed by atoms with van der Waals surface area (Å²) in [6.45, 7) is -0.392. The van der Waals surface area contributed by atoms with Crippen molar-refractivity contribution in [3.05, 3.63) is 77.0 Å². The van der Waals surface area contributed by atoms with E-state index in [1.54, 1.807) is 0 Å². The highest BCUT2D eigenvalue weighted by Crippen LogP contribution is 2.37. The van der Waals surface area contributed by atoms with E-state index >= 15 is 8.78 Å². The summed E-state index contributed by atoms with van der Waals surface area (Å²) in [6.07, 6.45) is 0. The molecular weight excluding hydrogens is 550 g/mol. The van der Waals surface area contributed by atoms with Crippen molar-refractivity contribution in [2.75, 3.05) is 25.7 Å². The van der Waals surface area contributed by atoms with Gasteiger partial charge < -0.3 is 24.6 Å². The number of aliphatic hydroxyl groups is 1. The predicted molar refractivity (Wildman–Crippen MR) is 138 cm³/mol. The summed E-state index contributed by atoms with van der Waals surface area (Å²) < 4.78 is 69.9. The van der Waals surface area contributed by atoms with Crippen molar-refractivity contribution < 1.29 is 46.5 Å². The van der Waals surface area contributed by atoms with Crippen LogP contribution in [0.3, 0.4) is 0 Å². The molecule has 2 atom stereocenters. The van der Waals surface area contributed by atoms with E-state index in [0.29, 0.717) is 0 Å². The molecule has 0 saturated carbocycles. The van der Waals surface area contributed by atoms with Crippen LogP contribution in [0.4, 0.5) is 23.4 Å². The molecule has 1 unspecified atom stereocenters. The number of ether oxygens (including phenoxy) is 3. The lowest BCUT2D eigenvalue weighted by atomic mass is 9.92. The van der Waals surface area contributed by atoms with Crippen LogP contribution in [0.2, 0.25) is 0 Å². The van der Waals surface area contributed by atoms with Gasteiger partial charge in [0.1, 0.15) is 46.3 Å². The lowest BCUT2D eigenvalue weighted by Crippen LogP contribution is -2.44. The second-order valence-electron chi connectivity index (χ2n) is 9.72. The van der Waals surface area contributed by atoms with Crippen molar-refractivity contribution in [1.29, 1.82) is 0 Å². The molecule has 2 aromatic carbocycles. The van der Waals surface area contributed by atoms with Crippen LogP contribution in [-0.4, -0.2) is 55.3 Å². The summed E-state index contributed by atoms with van der Waals surface area (Å²) in [5.41, 5.74) is -1.74. The molecule has 1 saturated heterocycles. The number of benzene rings is 2. The molecule has 4 rings (SSSR count). The van der Waals surface area contributed by atoms with Crippen LogP contribution in [0.1, 0.15) is 41.4 Å². The standard InChI is InChI=1S/C28H27F4N3O6/c1-28(2,38)21-11-17(40-4)12-22(33-21)35-13-18(23-19(29)9-16(39-3)10-20(23)30)24(26(35)37)34-25(36)14-5-7-15(8-6-14)41-27(31)32/h5-12,18,24,27,38H,13H2,1-4H3,(H,34,36)/t18-,24?/m0/s1. The molecule has 1 aliphatic rings. The van der Waals surface area contributed by atoms with Gasteiger partial charge >= 0.3 is 6.61 Å². The first kappa shape index (κ1) is 29.6. The average molecular weight is 578 g/mol. The van der Waals surface area contributed by atoms with Crippen LogP contribution in [0.5, 0.6) is 17.2 Å². The summed E-state index contributed by atoms with van der Waals surface area (Å²) >= 11 is 0. The molecule has 1 fully saturated rings. The summed E-state index contributed by atoms with van der Waals surface area (Å²) in [5.74, 6) is -4.74. The number of alkyl halides is 2. The van der Waals surface area contributed by atoms with Crippen LogP contribution in [-0.2, 0) is 10.4 Å². The zero-order chi connectivity index (χ0) is 30.1. The van der Waals surface area contributed by atoms with Gasteiger partial charge in [-0.15, -0.1) is 0 Å². The number of pyridine rings is 1. The molecule has 3 aromatic rings. The number of amides is 2. The third kappa shape index (κ3) is 6.35. The first-order chi connectivity index (χ1) is 19.3. The Labute approximate surface area is 232 Å². The Balaban J connectivity index is 1.74. The van der Waals surface area contributed by atoms with Crippen LogP contribution in [0.15, 0.2) is 48.5 Å². The number of nitrogens with zero attached hydrogens (tertiary/aromatic N) is 2. The summed E-state index contributed by atoms with van der Waals surface area (Å²) in [7, 11) is 2.62. The Kier molecular flexibility index (Phi) is 8.38. The fourth-order valence-corrected chi connectivity index (χ4v) is 4.47. The van der Waals surface area contributed by atoms with Gasteiger partial charge in [-0.2, -0.15) is 8.78 Å². The zero-order valence-corrected chi connectivity index (χ0v) is 22.5. The van der Waals surface area contributed by atoms with Crippen molar-refractivity contribution in [3.63, 3.8) is 0 Å². The third-order valence-electron chi connectivity index (χ3n) is 6.53. The van der Waals surface area contributed by atoms with Crippen LogP contribution in [0.25, 0.3) is 0 Å². The first-order valence-corrected chi connectivity index (χ1v) is 12.3. The SMILES string of the molecule is COc1cc(N2C[C@@H](c3c(F)cc(OC)cc3F)C(NC(=O)c3ccc(OC(F)F)cc3)C2=O)nc(C(C)(C)O)c1. The molecule has 2 N–H and O–H groups in total. The molecule has 1 aliphatic heterocycles. The highest BCUT2D eigenvalue weighted by molar-refractivity contribution is 6.04. The summed E-state index contributed by atoms with van der Waals surface area (Å²) in [5, 5.41) is 13.0. The smallest absolute Gasteiger partial charge is 0.387 e. The van der Waals surface area contributed by atoms with Crippen molar-refractivity contribution in [2.24, 2.45) is 0 Å². The minimum atomic E-state index is -3.06. The number of hydrogen-bond acceptors (Lipinski definition) is 7. The summed E-state index contributed by atoms with van der Waals surface area (Å²) in [4.78, 5) is 32.3. The van der Waals surface area contributed by atoms with Gasteiger partial charge in [0.25, 0.3) is 11.8 Å². The molecule has 0 radical (unpaired) electrons. The number of aromatic nitrogens is 1. The maximum atomic E-state index is 15.2. The fraction of sp³-hybridized carbons (Fsp3) is 0.321. The van der Waals surface area contributed by atoms with E-state index in [4.69, 9.17) is 9.47 Å². The Morgan fingerprint density at radius 1 is 1.02 bits per heavy atom. The molecule has 0 aliphatic carbocycles. The Hall–Kier alpha value is -4.39. The Morgan fingerprint density at radius 3 is 2.15 bits per heavy atom. The average Bonchev–Trinajstić information content (AvgIpc) is 3.22. The number of carbonyl (C=O) groups is 2. The highest BCUT2D eigenvalue weighted by Gasteiger charge is 2.46. The predicted octanol–water partition coefficient (Wildman–Crippen LogP) is 4.13. The molecular formula is C28H27F4N3O6. The van der Waals surface area contributed by atoms with Gasteiger partial charge in [0.05, 0.1) is 19.9 Å². The molecule has 1 aromatic heterocycles. The number of anilines is 1. The number of methoxy groups -OCH3 is 2. The maximum absolute atomic E-state index is 15.2. The van der Waals surface area contributed by atoms with Crippen LogP contribution in [0, 0.1) is 11.6 Å². The van der Waals surface area contributed by atoms with Crippen LogP contribution < -0.4 is 24.4 Å². The minimum absolute atomic E-state index is 0.0175. The molecule has 2 heterocycles. The third-order valence-corrected chi connectivity index (χ3v) is 6.53. The fourth-order valence-electron chi connectivity index (χ4n) is 4.47. The number of carbonyl (C=O) groups excluding carboxylic acids is 2. The van der Waals surface area contributed by atoms with E-state index in [1.165, 1.54) is 52.3 Å². The summed E-state index contributed by atoms with van der Waals surface area (Å²) in [6, 6.07) is 8.04. The number of rotatable bonds is 9. The van der Waals surface area contributed by atoms with Crippen molar-refractivity contribution in [2.45, 2.75) is 38.0 Å².